The average Bonchev–Trinajstić information content (AvgIpc) is 2.41. The molecule has 1 aliphatic rings. The minimum absolute atomic E-state index is 0.679. The zero-order chi connectivity index (χ0) is 13.7. The number of nitrogens with zero attached hydrogens (tertiary/aromatic N) is 2. The first-order valence-electron chi connectivity index (χ1n) is 7.65. The van der Waals surface area contributed by atoms with Crippen LogP contribution in [0.2, 0.25) is 0 Å². The maximum Gasteiger partial charge on any atom is 0.0564 e. The molecule has 0 amide bonds. The van der Waals surface area contributed by atoms with Gasteiger partial charge in [-0.2, -0.15) is 0 Å². The molecule has 1 aromatic rings. The van der Waals surface area contributed by atoms with Crippen molar-refractivity contribution >= 4 is 5.69 Å². The number of hydrogen-bond donors (Lipinski definition) is 1. The van der Waals surface area contributed by atoms with Crippen LogP contribution in [-0.4, -0.2) is 28.5 Å². The molecule has 3 heteroatoms. The van der Waals surface area contributed by atoms with Crippen LogP contribution >= 0.6 is 0 Å². The Labute approximate surface area is 117 Å². The molecule has 0 saturated carbocycles. The number of piperidine rings is 1. The van der Waals surface area contributed by atoms with Gasteiger partial charge in [0.25, 0.3) is 0 Å². The van der Waals surface area contributed by atoms with E-state index in [9.17, 15) is 0 Å². The van der Waals surface area contributed by atoms with E-state index in [1.807, 2.05) is 6.20 Å². The van der Waals surface area contributed by atoms with Crippen LogP contribution in [0.5, 0.6) is 0 Å². The number of nitrogens with one attached hydrogen (secondary N) is 1. The van der Waals surface area contributed by atoms with E-state index in [0.29, 0.717) is 12.1 Å². The topological polar surface area (TPSA) is 28.2 Å². The fraction of sp³-hybridized carbons (Fsp3) is 0.688. The molecule has 19 heavy (non-hydrogen) atoms. The van der Waals surface area contributed by atoms with Crippen LogP contribution in [0.15, 0.2) is 18.3 Å². The van der Waals surface area contributed by atoms with Crippen molar-refractivity contribution in [2.75, 3.05) is 11.9 Å². The Morgan fingerprint density at radius 3 is 2.74 bits per heavy atom. The number of aromatic nitrogens is 1. The average molecular weight is 261 g/mol. The Hall–Kier alpha value is -1.09. The summed E-state index contributed by atoms with van der Waals surface area (Å²) in [5.74, 6) is 0. The summed E-state index contributed by atoms with van der Waals surface area (Å²) in [6.45, 7) is 8.87. The van der Waals surface area contributed by atoms with Gasteiger partial charge in [-0.05, 0) is 45.2 Å². The zero-order valence-corrected chi connectivity index (χ0v) is 12.5. The predicted octanol–water partition coefficient (Wildman–Crippen LogP) is 3.67. The van der Waals surface area contributed by atoms with Gasteiger partial charge in [-0.3, -0.25) is 9.88 Å². The molecular weight excluding hydrogens is 234 g/mol. The van der Waals surface area contributed by atoms with Gasteiger partial charge < -0.3 is 5.32 Å². The Bertz CT molecular complexity index is 381. The third-order valence-electron chi connectivity index (χ3n) is 4.12. The standard InChI is InChI=1S/C16H27N3/c1-4-9-17-15-8-10-18-16(11-15)12-19-13(2)6-5-7-14(19)3/h8,10-11,13-14H,4-7,9,12H2,1-3H3,(H,17,18)/t13-,14+. The van der Waals surface area contributed by atoms with Gasteiger partial charge in [0, 0.05) is 37.1 Å². The Morgan fingerprint density at radius 1 is 1.32 bits per heavy atom. The summed E-state index contributed by atoms with van der Waals surface area (Å²) in [6, 6.07) is 5.61. The van der Waals surface area contributed by atoms with E-state index in [-0.39, 0.29) is 0 Å². The van der Waals surface area contributed by atoms with E-state index in [1.54, 1.807) is 0 Å². The smallest absolute Gasteiger partial charge is 0.0564 e. The molecule has 2 atom stereocenters. The van der Waals surface area contributed by atoms with Crippen LogP contribution in [0.1, 0.15) is 52.1 Å². The number of rotatable bonds is 5. The van der Waals surface area contributed by atoms with E-state index in [4.69, 9.17) is 0 Å². The van der Waals surface area contributed by atoms with Crippen LogP contribution in [0.25, 0.3) is 0 Å². The quantitative estimate of drug-likeness (QED) is 0.876. The predicted molar refractivity (Wildman–Crippen MR) is 81.3 cm³/mol. The minimum Gasteiger partial charge on any atom is -0.385 e. The largest absolute Gasteiger partial charge is 0.385 e. The molecule has 0 bridgehead atoms. The van der Waals surface area contributed by atoms with Gasteiger partial charge in [-0.1, -0.05) is 13.3 Å². The van der Waals surface area contributed by atoms with Gasteiger partial charge in [0.05, 0.1) is 5.69 Å². The van der Waals surface area contributed by atoms with Crippen LogP contribution in [0, 0.1) is 0 Å². The summed E-state index contributed by atoms with van der Waals surface area (Å²) < 4.78 is 0. The summed E-state index contributed by atoms with van der Waals surface area (Å²) in [6.07, 6.45) is 7.07. The van der Waals surface area contributed by atoms with E-state index >= 15 is 0 Å². The molecule has 2 heterocycles. The van der Waals surface area contributed by atoms with Crippen molar-refractivity contribution in [3.05, 3.63) is 24.0 Å². The molecule has 1 N–H and O–H groups in total. The second-order valence-electron chi connectivity index (χ2n) is 5.76. The lowest BCUT2D eigenvalue weighted by molar-refractivity contribution is 0.0938. The Kier molecular flexibility index (Phi) is 5.20. The summed E-state index contributed by atoms with van der Waals surface area (Å²) in [4.78, 5) is 7.12. The molecule has 0 unspecified atom stereocenters. The number of likely N-dealkylation sites (tertiary alicyclic amines) is 1. The normalized spacial score (nSPS) is 24.4. The first kappa shape index (κ1) is 14.3. The molecule has 2 rings (SSSR count). The molecule has 1 fully saturated rings. The summed E-state index contributed by atoms with van der Waals surface area (Å²) >= 11 is 0. The van der Waals surface area contributed by atoms with Gasteiger partial charge in [0.2, 0.25) is 0 Å². The van der Waals surface area contributed by atoms with Crippen LogP contribution in [0.4, 0.5) is 5.69 Å². The highest BCUT2D eigenvalue weighted by Gasteiger charge is 2.24. The van der Waals surface area contributed by atoms with Crippen molar-refractivity contribution in [2.24, 2.45) is 0 Å². The fourth-order valence-corrected chi connectivity index (χ4v) is 2.92. The monoisotopic (exact) mass is 261 g/mol. The highest BCUT2D eigenvalue weighted by atomic mass is 15.2. The third kappa shape index (κ3) is 3.93. The van der Waals surface area contributed by atoms with Crippen LogP contribution < -0.4 is 5.32 Å². The molecule has 106 valence electrons. The maximum atomic E-state index is 4.53. The Balaban J connectivity index is 2.01. The lowest BCUT2D eigenvalue weighted by atomic mass is 9.97. The summed E-state index contributed by atoms with van der Waals surface area (Å²) in [5.41, 5.74) is 2.38. The van der Waals surface area contributed by atoms with Crippen molar-refractivity contribution in [1.82, 2.24) is 9.88 Å². The molecule has 0 radical (unpaired) electrons. The molecule has 0 spiro atoms. The van der Waals surface area contributed by atoms with Gasteiger partial charge in [-0.15, -0.1) is 0 Å². The van der Waals surface area contributed by atoms with E-state index in [1.165, 1.54) is 30.6 Å². The first-order chi connectivity index (χ1) is 9.20. The first-order valence-corrected chi connectivity index (χ1v) is 7.65. The molecule has 1 aliphatic heterocycles. The van der Waals surface area contributed by atoms with Crippen LogP contribution in [-0.2, 0) is 6.54 Å². The highest BCUT2D eigenvalue weighted by molar-refractivity contribution is 5.43. The van der Waals surface area contributed by atoms with Gasteiger partial charge >= 0.3 is 0 Å². The second kappa shape index (κ2) is 6.90. The van der Waals surface area contributed by atoms with Crippen molar-refractivity contribution in [3.8, 4) is 0 Å². The molecule has 1 saturated heterocycles. The number of anilines is 1. The van der Waals surface area contributed by atoms with Gasteiger partial charge in [0.15, 0.2) is 0 Å². The molecule has 3 nitrogen and oxygen atoms in total. The van der Waals surface area contributed by atoms with Gasteiger partial charge in [-0.25, -0.2) is 0 Å². The van der Waals surface area contributed by atoms with E-state index in [0.717, 1.165) is 19.5 Å². The van der Waals surface area contributed by atoms with Gasteiger partial charge in [0.1, 0.15) is 0 Å². The number of pyridine rings is 1. The molecule has 1 aromatic heterocycles. The van der Waals surface area contributed by atoms with Crippen molar-refractivity contribution in [3.63, 3.8) is 0 Å². The third-order valence-corrected chi connectivity index (χ3v) is 4.12. The SMILES string of the molecule is CCCNc1ccnc(CN2[C@H](C)CCC[C@@H]2C)c1. The van der Waals surface area contributed by atoms with Crippen molar-refractivity contribution in [1.29, 1.82) is 0 Å². The molecular formula is C16H27N3. The van der Waals surface area contributed by atoms with E-state index < -0.39 is 0 Å². The summed E-state index contributed by atoms with van der Waals surface area (Å²) in [7, 11) is 0. The lowest BCUT2D eigenvalue weighted by Gasteiger charge is -2.38. The zero-order valence-electron chi connectivity index (χ0n) is 12.5. The van der Waals surface area contributed by atoms with Crippen molar-refractivity contribution in [2.45, 2.75) is 65.1 Å². The fourth-order valence-electron chi connectivity index (χ4n) is 2.92. The number of hydrogen-bond acceptors (Lipinski definition) is 3. The highest BCUT2D eigenvalue weighted by Crippen LogP contribution is 2.24. The summed E-state index contributed by atoms with van der Waals surface area (Å²) in [5, 5.41) is 3.44. The molecule has 0 aromatic carbocycles. The molecule has 0 aliphatic carbocycles. The van der Waals surface area contributed by atoms with Crippen LogP contribution in [0.3, 0.4) is 0 Å². The van der Waals surface area contributed by atoms with Crippen molar-refractivity contribution < 1.29 is 0 Å². The maximum absolute atomic E-state index is 4.53. The second-order valence-corrected chi connectivity index (χ2v) is 5.76. The Morgan fingerprint density at radius 2 is 2.05 bits per heavy atom. The lowest BCUT2D eigenvalue weighted by Crippen LogP contribution is -2.43. The minimum atomic E-state index is 0.679. The van der Waals surface area contributed by atoms with E-state index in [2.05, 4.69) is 48.1 Å².